The molecule has 2 aromatic rings. The zero-order valence-corrected chi connectivity index (χ0v) is 10.1. The molecule has 0 amide bonds. The van der Waals surface area contributed by atoms with E-state index in [9.17, 15) is 0 Å². The van der Waals surface area contributed by atoms with E-state index in [1.54, 1.807) is 19.6 Å². The highest BCUT2D eigenvalue weighted by Crippen LogP contribution is 2.24. The summed E-state index contributed by atoms with van der Waals surface area (Å²) in [6.07, 6.45) is 3.28. The van der Waals surface area contributed by atoms with Crippen LogP contribution < -0.4 is 10.1 Å². The molecule has 0 atom stereocenters. The number of nitrogens with zero attached hydrogens (tertiary/aromatic N) is 3. The van der Waals surface area contributed by atoms with Crippen molar-refractivity contribution in [2.75, 3.05) is 19.5 Å². The van der Waals surface area contributed by atoms with Gasteiger partial charge in [-0.15, -0.1) is 0 Å². The van der Waals surface area contributed by atoms with Gasteiger partial charge in [0.25, 0.3) is 0 Å². The first-order chi connectivity index (χ1) is 8.26. The van der Waals surface area contributed by atoms with Crippen LogP contribution in [0.25, 0.3) is 11.3 Å². The number of pyridine rings is 1. The normalized spacial score (nSPS) is 10.1. The van der Waals surface area contributed by atoms with Gasteiger partial charge in [0.15, 0.2) is 0 Å². The van der Waals surface area contributed by atoms with Gasteiger partial charge in [0.1, 0.15) is 12.1 Å². The van der Waals surface area contributed by atoms with Crippen LogP contribution in [0.2, 0.25) is 0 Å². The average Bonchev–Trinajstić information content (AvgIpc) is 2.39. The molecular formula is C12H14N4O. The van der Waals surface area contributed by atoms with E-state index in [4.69, 9.17) is 4.74 Å². The van der Waals surface area contributed by atoms with E-state index in [0.29, 0.717) is 5.88 Å². The topological polar surface area (TPSA) is 59.9 Å². The van der Waals surface area contributed by atoms with E-state index >= 15 is 0 Å². The molecule has 0 radical (unpaired) electrons. The van der Waals surface area contributed by atoms with Gasteiger partial charge in [-0.3, -0.25) is 0 Å². The molecule has 1 N–H and O–H groups in total. The average molecular weight is 230 g/mol. The van der Waals surface area contributed by atoms with Crippen molar-refractivity contribution in [3.8, 4) is 17.1 Å². The van der Waals surface area contributed by atoms with Gasteiger partial charge < -0.3 is 10.1 Å². The first-order valence-corrected chi connectivity index (χ1v) is 5.26. The maximum atomic E-state index is 5.02. The van der Waals surface area contributed by atoms with Gasteiger partial charge in [-0.2, -0.15) is 0 Å². The van der Waals surface area contributed by atoms with Crippen molar-refractivity contribution in [3.63, 3.8) is 0 Å². The number of hydrogen-bond acceptors (Lipinski definition) is 5. The lowest BCUT2D eigenvalue weighted by atomic mass is 10.1. The quantitative estimate of drug-likeness (QED) is 0.872. The van der Waals surface area contributed by atoms with Crippen LogP contribution in [0, 0.1) is 6.92 Å². The lowest BCUT2D eigenvalue weighted by molar-refractivity contribution is 0.398. The lowest BCUT2D eigenvalue weighted by Crippen LogP contribution is -1.99. The van der Waals surface area contributed by atoms with Crippen molar-refractivity contribution < 1.29 is 4.74 Å². The summed E-state index contributed by atoms with van der Waals surface area (Å²) in [5, 5.41) is 3.03. The Morgan fingerprint density at radius 1 is 1.18 bits per heavy atom. The lowest BCUT2D eigenvalue weighted by Gasteiger charge is -2.08. The largest absolute Gasteiger partial charge is 0.481 e. The Bertz CT molecular complexity index is 510. The Labute approximate surface area is 99.9 Å². The zero-order chi connectivity index (χ0) is 12.3. The molecule has 5 nitrogen and oxygen atoms in total. The predicted octanol–water partition coefficient (Wildman–Crippen LogP) is 1.90. The first-order valence-electron chi connectivity index (χ1n) is 5.26. The summed E-state index contributed by atoms with van der Waals surface area (Å²) in [5.74, 6) is 1.42. The Balaban J connectivity index is 2.45. The monoisotopic (exact) mass is 230 g/mol. The molecule has 2 heterocycles. The maximum Gasteiger partial charge on any atom is 0.212 e. The van der Waals surface area contributed by atoms with E-state index in [1.165, 1.54) is 0 Å². The Morgan fingerprint density at radius 3 is 2.59 bits per heavy atom. The van der Waals surface area contributed by atoms with Gasteiger partial charge in [0.2, 0.25) is 5.88 Å². The fourth-order valence-corrected chi connectivity index (χ4v) is 1.63. The van der Waals surface area contributed by atoms with Crippen LogP contribution in [-0.4, -0.2) is 29.1 Å². The van der Waals surface area contributed by atoms with Crippen LogP contribution in [0.5, 0.6) is 5.88 Å². The first kappa shape index (κ1) is 11.3. The second-order valence-corrected chi connectivity index (χ2v) is 3.54. The van der Waals surface area contributed by atoms with Crippen molar-refractivity contribution in [2.24, 2.45) is 0 Å². The molecule has 0 fully saturated rings. The third-order valence-corrected chi connectivity index (χ3v) is 2.54. The summed E-state index contributed by atoms with van der Waals surface area (Å²) in [4.78, 5) is 12.6. The molecule has 0 aliphatic heterocycles. The van der Waals surface area contributed by atoms with Gasteiger partial charge in [0, 0.05) is 30.4 Å². The van der Waals surface area contributed by atoms with Crippen molar-refractivity contribution in [1.29, 1.82) is 0 Å². The minimum absolute atomic E-state index is 0.592. The van der Waals surface area contributed by atoms with E-state index in [2.05, 4.69) is 20.3 Å². The van der Waals surface area contributed by atoms with E-state index < -0.39 is 0 Å². The van der Waals surface area contributed by atoms with Crippen LogP contribution in [0.15, 0.2) is 24.7 Å². The number of nitrogens with one attached hydrogen (secondary N) is 1. The fourth-order valence-electron chi connectivity index (χ4n) is 1.63. The maximum absolute atomic E-state index is 5.02. The summed E-state index contributed by atoms with van der Waals surface area (Å²) >= 11 is 0. The van der Waals surface area contributed by atoms with E-state index in [-0.39, 0.29) is 0 Å². The van der Waals surface area contributed by atoms with Gasteiger partial charge in [0.05, 0.1) is 12.8 Å². The van der Waals surface area contributed by atoms with E-state index in [0.717, 1.165) is 22.6 Å². The van der Waals surface area contributed by atoms with Gasteiger partial charge in [-0.25, -0.2) is 15.0 Å². The summed E-state index contributed by atoms with van der Waals surface area (Å²) in [6, 6.07) is 3.75. The highest BCUT2D eigenvalue weighted by atomic mass is 16.5. The van der Waals surface area contributed by atoms with Crippen LogP contribution in [-0.2, 0) is 0 Å². The molecule has 2 rings (SSSR count). The zero-order valence-electron chi connectivity index (χ0n) is 10.1. The van der Waals surface area contributed by atoms with Crippen molar-refractivity contribution in [1.82, 2.24) is 15.0 Å². The molecule has 5 heteroatoms. The Morgan fingerprint density at radius 2 is 2.00 bits per heavy atom. The van der Waals surface area contributed by atoms with Crippen LogP contribution in [0.4, 0.5) is 5.82 Å². The Hall–Kier alpha value is -2.17. The van der Waals surface area contributed by atoms with Gasteiger partial charge in [-0.1, -0.05) is 0 Å². The van der Waals surface area contributed by atoms with Crippen LogP contribution >= 0.6 is 0 Å². The molecule has 0 aliphatic carbocycles. The summed E-state index contributed by atoms with van der Waals surface area (Å²) in [7, 11) is 3.43. The molecule has 88 valence electrons. The Kier molecular flexibility index (Phi) is 3.18. The van der Waals surface area contributed by atoms with Crippen molar-refractivity contribution in [2.45, 2.75) is 6.92 Å². The molecule has 0 saturated carbocycles. The van der Waals surface area contributed by atoms with Crippen LogP contribution in [0.1, 0.15) is 5.56 Å². The van der Waals surface area contributed by atoms with Gasteiger partial charge in [-0.05, 0) is 13.0 Å². The number of hydrogen-bond donors (Lipinski definition) is 1. The molecule has 0 aliphatic rings. The van der Waals surface area contributed by atoms with Crippen molar-refractivity contribution >= 4 is 5.82 Å². The molecule has 0 aromatic carbocycles. The third-order valence-electron chi connectivity index (χ3n) is 2.54. The number of ether oxygens (including phenoxy) is 1. The third kappa shape index (κ3) is 2.18. The molecular weight excluding hydrogens is 216 g/mol. The van der Waals surface area contributed by atoms with Crippen molar-refractivity contribution in [3.05, 3.63) is 30.2 Å². The summed E-state index contributed by atoms with van der Waals surface area (Å²) in [6.45, 7) is 1.98. The standard InChI is InChI=1S/C12H14N4O/c1-8-11(15-7-16-12(8)13-2)9-4-5-10(17-3)14-6-9/h4-7H,1-3H3,(H,13,15,16). The van der Waals surface area contributed by atoms with Crippen LogP contribution in [0.3, 0.4) is 0 Å². The number of rotatable bonds is 3. The smallest absolute Gasteiger partial charge is 0.212 e. The highest BCUT2D eigenvalue weighted by molar-refractivity contribution is 5.67. The second-order valence-electron chi connectivity index (χ2n) is 3.54. The second kappa shape index (κ2) is 4.78. The number of methoxy groups -OCH3 is 1. The summed E-state index contributed by atoms with van der Waals surface area (Å²) < 4.78 is 5.02. The molecule has 2 aromatic heterocycles. The SMILES string of the molecule is CNc1ncnc(-c2ccc(OC)nc2)c1C. The fraction of sp³-hybridized carbons (Fsp3) is 0.250. The predicted molar refractivity (Wildman–Crippen MR) is 66.1 cm³/mol. The minimum Gasteiger partial charge on any atom is -0.481 e. The molecule has 17 heavy (non-hydrogen) atoms. The van der Waals surface area contributed by atoms with Gasteiger partial charge >= 0.3 is 0 Å². The molecule has 0 bridgehead atoms. The number of anilines is 1. The highest BCUT2D eigenvalue weighted by Gasteiger charge is 2.08. The molecule has 0 spiro atoms. The minimum atomic E-state index is 0.592. The summed E-state index contributed by atoms with van der Waals surface area (Å²) in [5.41, 5.74) is 2.82. The molecule has 0 saturated heterocycles. The number of aromatic nitrogens is 3. The molecule has 0 unspecified atom stereocenters. The van der Waals surface area contributed by atoms with E-state index in [1.807, 2.05) is 26.1 Å².